The van der Waals surface area contributed by atoms with Gasteiger partial charge >= 0.3 is 12.1 Å². The number of hydrogen-bond donors (Lipinski definition) is 1. The summed E-state index contributed by atoms with van der Waals surface area (Å²) in [5.74, 6) is -0.840. The van der Waals surface area contributed by atoms with Crippen molar-refractivity contribution in [3.63, 3.8) is 0 Å². The maximum absolute atomic E-state index is 13.6. The Morgan fingerprint density at radius 3 is 2.55 bits per heavy atom. The number of pyridine rings is 1. The molecular formula is C29H29ClF3N3O4. The second kappa shape index (κ2) is 11.2. The van der Waals surface area contributed by atoms with E-state index in [9.17, 15) is 22.8 Å². The molecule has 1 saturated heterocycles. The van der Waals surface area contributed by atoms with Gasteiger partial charge in [-0.15, -0.1) is 0 Å². The van der Waals surface area contributed by atoms with E-state index >= 15 is 0 Å². The molecule has 5 rings (SSSR count). The number of nitrogens with zero attached hydrogens (tertiary/aromatic N) is 2. The predicted molar refractivity (Wildman–Crippen MR) is 144 cm³/mol. The number of cyclic esters (lactones) is 1. The van der Waals surface area contributed by atoms with E-state index in [0.717, 1.165) is 6.07 Å². The average Bonchev–Trinajstić information content (AvgIpc) is 3.33. The van der Waals surface area contributed by atoms with Crippen molar-refractivity contribution < 1.29 is 32.2 Å². The molecule has 1 aliphatic heterocycles. The quantitative estimate of drug-likeness (QED) is 0.359. The highest BCUT2D eigenvalue weighted by molar-refractivity contribution is 6.31. The smallest absolute Gasteiger partial charge is 0.433 e. The first kappa shape index (κ1) is 28.0. The number of ether oxygens (including phenoxy) is 2. The van der Waals surface area contributed by atoms with E-state index in [2.05, 4.69) is 10.3 Å². The van der Waals surface area contributed by atoms with Gasteiger partial charge in [0.25, 0.3) is 0 Å². The molecule has 2 atom stereocenters. The van der Waals surface area contributed by atoms with Gasteiger partial charge in [0.05, 0.1) is 25.0 Å². The highest BCUT2D eigenvalue weighted by Crippen LogP contribution is 2.41. The van der Waals surface area contributed by atoms with Crippen molar-refractivity contribution in [1.29, 1.82) is 0 Å². The first-order valence-electron chi connectivity index (χ1n) is 13.1. The number of methoxy groups -OCH3 is 1. The van der Waals surface area contributed by atoms with Crippen molar-refractivity contribution in [2.75, 3.05) is 19.1 Å². The molecule has 1 aliphatic carbocycles. The monoisotopic (exact) mass is 575 g/mol. The summed E-state index contributed by atoms with van der Waals surface area (Å²) in [4.78, 5) is 31.1. The number of aromatic nitrogens is 1. The van der Waals surface area contributed by atoms with Gasteiger partial charge in [0.1, 0.15) is 17.5 Å². The first-order chi connectivity index (χ1) is 19.0. The molecule has 0 unspecified atom stereocenters. The zero-order valence-electron chi connectivity index (χ0n) is 22.0. The average molecular weight is 576 g/mol. The molecule has 212 valence electrons. The Morgan fingerprint density at radius 1 is 1.12 bits per heavy atom. The van der Waals surface area contributed by atoms with Gasteiger partial charge < -0.3 is 19.7 Å². The maximum Gasteiger partial charge on any atom is 0.433 e. The fourth-order valence-electron chi connectivity index (χ4n) is 5.70. The molecule has 2 aliphatic rings. The van der Waals surface area contributed by atoms with Crippen molar-refractivity contribution in [2.45, 2.75) is 56.5 Å². The Kier molecular flexibility index (Phi) is 7.81. The van der Waals surface area contributed by atoms with Crippen LogP contribution in [0.15, 0.2) is 48.5 Å². The number of para-hydroxylation sites is 1. The number of rotatable bonds is 6. The Hall–Kier alpha value is -3.53. The number of carbonyl (C=O) groups excluding carboxylic acids is 2. The lowest BCUT2D eigenvalue weighted by Gasteiger charge is -2.37. The second-order valence-electron chi connectivity index (χ2n) is 10.3. The number of carbonyl (C=O) groups is 2. The molecule has 1 amide bonds. The molecule has 3 aromatic rings. The number of nitrogens with one attached hydrogen (secondary N) is 1. The van der Waals surface area contributed by atoms with E-state index in [0.29, 0.717) is 53.1 Å². The number of anilines is 1. The summed E-state index contributed by atoms with van der Waals surface area (Å²) < 4.78 is 51.7. The van der Waals surface area contributed by atoms with E-state index in [1.807, 2.05) is 4.90 Å². The maximum atomic E-state index is 13.6. The summed E-state index contributed by atoms with van der Waals surface area (Å²) in [6.45, 7) is 0. The van der Waals surface area contributed by atoms with Gasteiger partial charge in [-0.3, -0.25) is 9.59 Å². The molecule has 2 fully saturated rings. The van der Waals surface area contributed by atoms with Gasteiger partial charge in [-0.1, -0.05) is 29.8 Å². The van der Waals surface area contributed by atoms with Crippen LogP contribution in [0.3, 0.4) is 0 Å². The summed E-state index contributed by atoms with van der Waals surface area (Å²) in [5, 5.41) is 4.04. The van der Waals surface area contributed by atoms with Gasteiger partial charge in [0.2, 0.25) is 5.91 Å². The van der Waals surface area contributed by atoms with Crippen LogP contribution in [-0.4, -0.2) is 43.1 Å². The topological polar surface area (TPSA) is 80.8 Å². The van der Waals surface area contributed by atoms with E-state index in [1.165, 1.54) is 19.2 Å². The Labute approximate surface area is 234 Å². The van der Waals surface area contributed by atoms with Crippen molar-refractivity contribution in [2.24, 2.45) is 5.92 Å². The number of amides is 1. The Morgan fingerprint density at radius 2 is 1.85 bits per heavy atom. The molecule has 1 saturated carbocycles. The fourth-order valence-corrected chi connectivity index (χ4v) is 5.87. The standard InChI is InChI=1S/C29H29ClF3N3O4/c1-36(23-15-25(29(31,32)33)35-22-12-7-16(30)13-20(22)23)18-10-8-17(9-11-18)34-28(38)21-14-26(37)40-27(21)19-5-3-4-6-24(19)39-2/h3-7,12-13,15,17-18,21,27H,8-11,14H2,1-2H3,(H,34,38)/t17-,18+,21-,27+/m1/s1. The van der Waals surface area contributed by atoms with Gasteiger partial charge in [0.15, 0.2) is 0 Å². The molecule has 7 nitrogen and oxygen atoms in total. The zero-order chi connectivity index (χ0) is 28.6. The van der Waals surface area contributed by atoms with Crippen molar-refractivity contribution in [3.8, 4) is 5.75 Å². The number of alkyl halides is 3. The van der Waals surface area contributed by atoms with E-state index in [-0.39, 0.29) is 29.9 Å². The minimum absolute atomic E-state index is 0.0220. The zero-order valence-corrected chi connectivity index (χ0v) is 22.8. The summed E-state index contributed by atoms with van der Waals surface area (Å²) in [6, 6.07) is 12.7. The van der Waals surface area contributed by atoms with Crippen molar-refractivity contribution in [1.82, 2.24) is 10.3 Å². The minimum atomic E-state index is -4.58. The van der Waals surface area contributed by atoms with Gasteiger partial charge in [0, 0.05) is 40.8 Å². The van der Waals surface area contributed by atoms with Gasteiger partial charge in [-0.05, 0) is 56.0 Å². The van der Waals surface area contributed by atoms with Crippen LogP contribution in [0.1, 0.15) is 49.5 Å². The highest BCUT2D eigenvalue weighted by Gasteiger charge is 2.43. The summed E-state index contributed by atoms with van der Waals surface area (Å²) in [7, 11) is 3.30. The van der Waals surface area contributed by atoms with Crippen LogP contribution in [0, 0.1) is 5.92 Å². The molecule has 0 radical (unpaired) electrons. The van der Waals surface area contributed by atoms with Crippen LogP contribution < -0.4 is 15.0 Å². The molecule has 0 bridgehead atoms. The molecule has 2 aromatic carbocycles. The van der Waals surface area contributed by atoms with Crippen LogP contribution in [0.4, 0.5) is 18.9 Å². The summed E-state index contributed by atoms with van der Waals surface area (Å²) >= 11 is 6.16. The fraction of sp³-hybridized carbons (Fsp3) is 0.414. The molecule has 11 heteroatoms. The van der Waals surface area contributed by atoms with E-state index in [4.69, 9.17) is 21.1 Å². The van der Waals surface area contributed by atoms with Crippen LogP contribution in [0.5, 0.6) is 5.75 Å². The number of halogens is 4. The van der Waals surface area contributed by atoms with E-state index < -0.39 is 29.9 Å². The van der Waals surface area contributed by atoms with Gasteiger partial charge in [-0.25, -0.2) is 4.98 Å². The van der Waals surface area contributed by atoms with Crippen molar-refractivity contribution >= 4 is 40.1 Å². The van der Waals surface area contributed by atoms with Gasteiger partial charge in [-0.2, -0.15) is 13.2 Å². The largest absolute Gasteiger partial charge is 0.496 e. The highest BCUT2D eigenvalue weighted by atomic mass is 35.5. The third-order valence-corrected chi connectivity index (χ3v) is 8.04. The van der Waals surface area contributed by atoms with Crippen LogP contribution >= 0.6 is 11.6 Å². The molecule has 1 aromatic heterocycles. The lowest BCUT2D eigenvalue weighted by molar-refractivity contribution is -0.142. The summed E-state index contributed by atoms with van der Waals surface area (Å²) in [6.07, 6.45) is -2.76. The Balaban J connectivity index is 1.27. The number of fused-ring (bicyclic) bond motifs is 1. The molecule has 2 heterocycles. The van der Waals surface area contributed by atoms with Crippen molar-refractivity contribution in [3.05, 3.63) is 64.8 Å². The summed E-state index contributed by atoms with van der Waals surface area (Å²) in [5.41, 5.74) is 0.320. The number of esters is 1. The van der Waals surface area contributed by atoms with Crippen LogP contribution in [0.2, 0.25) is 5.02 Å². The third-order valence-electron chi connectivity index (χ3n) is 7.80. The minimum Gasteiger partial charge on any atom is -0.496 e. The number of benzene rings is 2. The first-order valence-corrected chi connectivity index (χ1v) is 13.5. The lowest BCUT2D eigenvalue weighted by Crippen LogP contribution is -2.45. The second-order valence-corrected chi connectivity index (χ2v) is 10.7. The van der Waals surface area contributed by atoms with E-state index in [1.54, 1.807) is 37.4 Å². The number of hydrogen-bond acceptors (Lipinski definition) is 6. The van der Waals surface area contributed by atoms with Crippen LogP contribution in [0.25, 0.3) is 10.9 Å². The Bertz CT molecular complexity index is 1430. The van der Waals surface area contributed by atoms with Crippen LogP contribution in [-0.2, 0) is 20.5 Å². The molecular weight excluding hydrogens is 547 g/mol. The third kappa shape index (κ3) is 5.68. The lowest BCUT2D eigenvalue weighted by atomic mass is 9.88. The molecule has 0 spiro atoms. The molecule has 40 heavy (non-hydrogen) atoms. The molecule has 1 N–H and O–H groups in total. The predicted octanol–water partition coefficient (Wildman–Crippen LogP) is 6.08. The SMILES string of the molecule is COc1ccccc1[C@@H]1OC(=O)C[C@H]1C(=O)N[C@H]1CC[C@@H](N(C)c2cc(C(F)(F)F)nc3ccc(Cl)cc23)CC1. The normalized spacial score (nSPS) is 23.1.